The summed E-state index contributed by atoms with van der Waals surface area (Å²) in [7, 11) is 0. The van der Waals surface area contributed by atoms with E-state index < -0.39 is 0 Å². The minimum absolute atomic E-state index is 0.665. The summed E-state index contributed by atoms with van der Waals surface area (Å²) in [6, 6.07) is 0. The van der Waals surface area contributed by atoms with Gasteiger partial charge in [0, 0.05) is 19.1 Å². The van der Waals surface area contributed by atoms with Gasteiger partial charge in [0.2, 0.25) is 0 Å². The van der Waals surface area contributed by atoms with E-state index in [0.29, 0.717) is 5.92 Å². The molecular formula is C14H26O2. The monoisotopic (exact) mass is 226 g/mol. The first-order valence-corrected chi connectivity index (χ1v) is 7.12. The van der Waals surface area contributed by atoms with Crippen LogP contribution in [0.5, 0.6) is 0 Å². The molecule has 0 N–H and O–H groups in total. The van der Waals surface area contributed by atoms with E-state index in [1.807, 2.05) is 0 Å². The van der Waals surface area contributed by atoms with Crippen molar-refractivity contribution >= 4 is 0 Å². The van der Waals surface area contributed by atoms with Crippen LogP contribution in [0.15, 0.2) is 0 Å². The molecule has 1 heterocycles. The summed E-state index contributed by atoms with van der Waals surface area (Å²) in [5.74, 6) is 1.52. The first kappa shape index (κ1) is 12.4. The molecular weight excluding hydrogens is 200 g/mol. The molecule has 0 atom stereocenters. The number of rotatable bonds is 1. The van der Waals surface area contributed by atoms with Crippen molar-refractivity contribution in [1.82, 2.24) is 0 Å². The van der Waals surface area contributed by atoms with Crippen LogP contribution in [0.3, 0.4) is 0 Å². The van der Waals surface area contributed by atoms with Crippen LogP contribution in [-0.4, -0.2) is 26.4 Å². The number of ether oxygens (including phenoxy) is 2. The van der Waals surface area contributed by atoms with Crippen LogP contribution in [0.1, 0.15) is 51.4 Å². The molecule has 2 aliphatic rings. The van der Waals surface area contributed by atoms with E-state index in [-0.39, 0.29) is 0 Å². The zero-order valence-electron chi connectivity index (χ0n) is 10.5. The molecule has 2 fully saturated rings. The van der Waals surface area contributed by atoms with Crippen LogP contribution in [0.2, 0.25) is 0 Å². The maximum Gasteiger partial charge on any atom is 0.0518 e. The molecule has 2 nitrogen and oxygen atoms in total. The molecule has 0 spiro atoms. The Morgan fingerprint density at radius 3 is 1.75 bits per heavy atom. The summed E-state index contributed by atoms with van der Waals surface area (Å²) in [5, 5.41) is 0. The van der Waals surface area contributed by atoms with Crippen LogP contribution in [-0.2, 0) is 9.47 Å². The molecule has 0 aromatic rings. The first-order valence-electron chi connectivity index (χ1n) is 7.12. The molecule has 94 valence electrons. The molecule has 0 bridgehead atoms. The number of hydrogen-bond donors (Lipinski definition) is 0. The highest BCUT2D eigenvalue weighted by Gasteiger charge is 2.23. The average Bonchev–Trinajstić information content (AvgIpc) is 2.18. The summed E-state index contributed by atoms with van der Waals surface area (Å²) in [6.07, 6.45) is 11.0. The van der Waals surface area contributed by atoms with Gasteiger partial charge in [-0.2, -0.15) is 0 Å². The molecule has 2 rings (SSSR count). The summed E-state index contributed by atoms with van der Waals surface area (Å²) < 4.78 is 11.5. The highest BCUT2D eigenvalue weighted by Crippen LogP contribution is 2.29. The van der Waals surface area contributed by atoms with Gasteiger partial charge in [-0.3, -0.25) is 0 Å². The van der Waals surface area contributed by atoms with Crippen LogP contribution in [0, 0.1) is 11.8 Å². The smallest absolute Gasteiger partial charge is 0.0518 e. The molecule has 1 saturated carbocycles. The van der Waals surface area contributed by atoms with Crippen molar-refractivity contribution in [2.45, 2.75) is 51.4 Å². The number of hydrogen-bond acceptors (Lipinski definition) is 2. The van der Waals surface area contributed by atoms with Crippen molar-refractivity contribution < 1.29 is 9.47 Å². The van der Waals surface area contributed by atoms with Gasteiger partial charge in [0.1, 0.15) is 0 Å². The molecule has 2 heteroatoms. The minimum Gasteiger partial charge on any atom is -0.381 e. The first-order chi connectivity index (χ1) is 7.97. The van der Waals surface area contributed by atoms with Crippen LogP contribution >= 0.6 is 0 Å². The summed E-state index contributed by atoms with van der Waals surface area (Å²) in [6.45, 7) is 3.65. The van der Waals surface area contributed by atoms with Crippen LogP contribution in [0.25, 0.3) is 0 Å². The normalized spacial score (nSPS) is 27.8. The fraction of sp³-hybridized carbons (Fsp3) is 1.00. The fourth-order valence-electron chi connectivity index (χ4n) is 3.01. The second-order valence-corrected chi connectivity index (χ2v) is 5.37. The van der Waals surface area contributed by atoms with Crippen molar-refractivity contribution in [1.29, 1.82) is 0 Å². The zero-order chi connectivity index (χ0) is 11.1. The van der Waals surface area contributed by atoms with Gasteiger partial charge in [0.05, 0.1) is 13.2 Å². The lowest BCUT2D eigenvalue weighted by Gasteiger charge is -2.29. The Morgan fingerprint density at radius 2 is 1.12 bits per heavy atom. The Bertz CT molecular complexity index is 146. The molecule has 0 aromatic heterocycles. The van der Waals surface area contributed by atoms with Gasteiger partial charge >= 0.3 is 0 Å². The van der Waals surface area contributed by atoms with Gasteiger partial charge in [-0.1, -0.05) is 44.9 Å². The summed E-state index contributed by atoms with van der Waals surface area (Å²) in [5.41, 5.74) is 0. The third-order valence-corrected chi connectivity index (χ3v) is 4.06. The van der Waals surface area contributed by atoms with Gasteiger partial charge in [-0.25, -0.2) is 0 Å². The van der Waals surface area contributed by atoms with Crippen molar-refractivity contribution in [3.8, 4) is 0 Å². The summed E-state index contributed by atoms with van der Waals surface area (Å²) in [4.78, 5) is 0. The third kappa shape index (κ3) is 4.06. The lowest BCUT2D eigenvalue weighted by Crippen LogP contribution is -2.28. The molecule has 16 heavy (non-hydrogen) atoms. The van der Waals surface area contributed by atoms with Crippen molar-refractivity contribution in [2.24, 2.45) is 11.8 Å². The minimum atomic E-state index is 0.665. The quantitative estimate of drug-likeness (QED) is 0.682. The van der Waals surface area contributed by atoms with E-state index in [4.69, 9.17) is 9.47 Å². The van der Waals surface area contributed by atoms with Crippen molar-refractivity contribution in [3.05, 3.63) is 0 Å². The topological polar surface area (TPSA) is 18.5 Å². The maximum absolute atomic E-state index is 5.73. The molecule has 1 saturated heterocycles. The molecule has 0 radical (unpaired) electrons. The predicted molar refractivity (Wildman–Crippen MR) is 65.6 cm³/mol. The van der Waals surface area contributed by atoms with Crippen molar-refractivity contribution in [3.63, 3.8) is 0 Å². The SMILES string of the molecule is C1CCCC(C2COCCCOC2)CCC1. The Kier molecular flexibility index (Phi) is 5.64. The fourth-order valence-corrected chi connectivity index (χ4v) is 3.01. The van der Waals surface area contributed by atoms with Gasteiger partial charge in [-0.05, 0) is 12.3 Å². The Morgan fingerprint density at radius 1 is 0.562 bits per heavy atom. The van der Waals surface area contributed by atoms with Gasteiger partial charge in [0.25, 0.3) is 0 Å². The second kappa shape index (κ2) is 7.29. The van der Waals surface area contributed by atoms with E-state index in [0.717, 1.165) is 38.8 Å². The van der Waals surface area contributed by atoms with Gasteiger partial charge in [0.15, 0.2) is 0 Å². The zero-order valence-corrected chi connectivity index (χ0v) is 10.5. The highest BCUT2D eigenvalue weighted by atomic mass is 16.5. The predicted octanol–water partition coefficient (Wildman–Crippen LogP) is 3.40. The molecule has 0 aromatic carbocycles. The van der Waals surface area contributed by atoms with E-state index >= 15 is 0 Å². The Hall–Kier alpha value is -0.0800. The van der Waals surface area contributed by atoms with E-state index in [1.165, 1.54) is 44.9 Å². The molecule has 0 unspecified atom stereocenters. The van der Waals surface area contributed by atoms with Crippen LogP contribution < -0.4 is 0 Å². The Labute approximate surface area is 99.7 Å². The lowest BCUT2D eigenvalue weighted by atomic mass is 9.82. The van der Waals surface area contributed by atoms with Crippen LogP contribution in [0.4, 0.5) is 0 Å². The van der Waals surface area contributed by atoms with Gasteiger partial charge in [-0.15, -0.1) is 0 Å². The van der Waals surface area contributed by atoms with E-state index in [9.17, 15) is 0 Å². The molecule has 1 aliphatic heterocycles. The van der Waals surface area contributed by atoms with Crippen molar-refractivity contribution in [2.75, 3.05) is 26.4 Å². The average molecular weight is 226 g/mol. The van der Waals surface area contributed by atoms with E-state index in [1.54, 1.807) is 0 Å². The largest absolute Gasteiger partial charge is 0.381 e. The molecule has 1 aliphatic carbocycles. The standard InChI is InChI=1S/C14H26O2/c1-2-4-7-13(8-5-3-1)14-11-15-9-6-10-16-12-14/h13-14H,1-12H2. The Balaban J connectivity index is 1.81. The second-order valence-electron chi connectivity index (χ2n) is 5.37. The molecule has 0 amide bonds. The van der Waals surface area contributed by atoms with E-state index in [2.05, 4.69) is 0 Å². The summed E-state index contributed by atoms with van der Waals surface area (Å²) >= 11 is 0. The maximum atomic E-state index is 5.73. The lowest BCUT2D eigenvalue weighted by molar-refractivity contribution is -0.0234. The van der Waals surface area contributed by atoms with Gasteiger partial charge < -0.3 is 9.47 Å². The highest BCUT2D eigenvalue weighted by molar-refractivity contribution is 4.73. The third-order valence-electron chi connectivity index (χ3n) is 4.06.